The molecule has 6 heteroatoms. The topological polar surface area (TPSA) is 59.3 Å². The molecule has 2 fully saturated rings. The van der Waals surface area contributed by atoms with Crippen molar-refractivity contribution in [3.63, 3.8) is 0 Å². The third-order valence-electron chi connectivity index (χ3n) is 4.75. The zero-order chi connectivity index (χ0) is 15.0. The van der Waals surface area contributed by atoms with Crippen LogP contribution in [0, 0.1) is 5.92 Å². The van der Waals surface area contributed by atoms with Crippen molar-refractivity contribution >= 4 is 0 Å². The molecule has 0 spiro atoms. The molecular formula is C15H24N4O2. The Kier molecular flexibility index (Phi) is 3.99. The molecule has 1 atom stereocenters. The summed E-state index contributed by atoms with van der Waals surface area (Å²) in [5.41, 5.74) is 0.246. The zero-order valence-corrected chi connectivity index (χ0v) is 12.8. The highest BCUT2D eigenvalue weighted by atomic mass is 16.2. The standard InChI is InChI=1S/C15H24N4O2/c1-17-13(7-14(20)18(2)15(17)21)9-16-8-11-5-6-19(10-11)12-3-4-12/h7,11-12,16H,3-6,8-10H2,1-2H3. The summed E-state index contributed by atoms with van der Waals surface area (Å²) < 4.78 is 2.67. The molecule has 1 aromatic heterocycles. The van der Waals surface area contributed by atoms with Crippen LogP contribution < -0.4 is 16.6 Å². The molecule has 2 aliphatic rings. The van der Waals surface area contributed by atoms with Crippen LogP contribution in [0.1, 0.15) is 25.0 Å². The van der Waals surface area contributed by atoms with Gasteiger partial charge in [-0.2, -0.15) is 0 Å². The summed E-state index contributed by atoms with van der Waals surface area (Å²) in [6.45, 7) is 3.93. The number of nitrogens with one attached hydrogen (secondary N) is 1. The molecule has 116 valence electrons. The lowest BCUT2D eigenvalue weighted by Crippen LogP contribution is -2.39. The van der Waals surface area contributed by atoms with E-state index in [9.17, 15) is 9.59 Å². The van der Waals surface area contributed by atoms with Crippen molar-refractivity contribution in [3.05, 3.63) is 32.6 Å². The van der Waals surface area contributed by atoms with E-state index in [0.717, 1.165) is 22.8 Å². The normalized spacial score (nSPS) is 22.9. The zero-order valence-electron chi connectivity index (χ0n) is 12.8. The van der Waals surface area contributed by atoms with Gasteiger partial charge in [0.05, 0.1) is 0 Å². The molecule has 1 unspecified atom stereocenters. The van der Waals surface area contributed by atoms with E-state index in [0.29, 0.717) is 12.5 Å². The first-order valence-corrected chi connectivity index (χ1v) is 7.77. The predicted molar refractivity (Wildman–Crippen MR) is 81.3 cm³/mol. The van der Waals surface area contributed by atoms with Crippen LogP contribution in [-0.4, -0.2) is 39.7 Å². The van der Waals surface area contributed by atoms with Crippen LogP contribution in [0.2, 0.25) is 0 Å². The largest absolute Gasteiger partial charge is 0.330 e. The van der Waals surface area contributed by atoms with E-state index in [2.05, 4.69) is 10.2 Å². The number of likely N-dealkylation sites (tertiary alicyclic amines) is 1. The van der Waals surface area contributed by atoms with Crippen molar-refractivity contribution in [1.82, 2.24) is 19.4 Å². The van der Waals surface area contributed by atoms with Crippen molar-refractivity contribution in [3.8, 4) is 0 Å². The van der Waals surface area contributed by atoms with Crippen LogP contribution in [0.25, 0.3) is 0 Å². The average molecular weight is 292 g/mol. The second kappa shape index (κ2) is 5.77. The van der Waals surface area contributed by atoms with Crippen LogP contribution >= 0.6 is 0 Å². The lowest BCUT2D eigenvalue weighted by molar-refractivity contribution is 0.311. The Bertz CT molecular complexity index is 630. The Hall–Kier alpha value is -1.40. The lowest BCUT2D eigenvalue weighted by atomic mass is 10.1. The second-order valence-corrected chi connectivity index (χ2v) is 6.39. The molecule has 0 bridgehead atoms. The minimum absolute atomic E-state index is 0.240. The summed E-state index contributed by atoms with van der Waals surface area (Å²) in [5.74, 6) is 0.689. The third-order valence-corrected chi connectivity index (χ3v) is 4.75. The van der Waals surface area contributed by atoms with Gasteiger partial charge in [-0.1, -0.05) is 0 Å². The van der Waals surface area contributed by atoms with E-state index in [1.54, 1.807) is 17.7 Å². The van der Waals surface area contributed by atoms with Crippen LogP contribution in [0.5, 0.6) is 0 Å². The van der Waals surface area contributed by atoms with Crippen molar-refractivity contribution < 1.29 is 0 Å². The molecule has 1 saturated carbocycles. The molecule has 2 heterocycles. The summed E-state index contributed by atoms with van der Waals surface area (Å²) >= 11 is 0. The Balaban J connectivity index is 1.54. The maximum atomic E-state index is 11.8. The van der Waals surface area contributed by atoms with Gasteiger partial charge >= 0.3 is 5.69 Å². The Labute approximate surface area is 124 Å². The van der Waals surface area contributed by atoms with Gasteiger partial charge < -0.3 is 10.2 Å². The predicted octanol–water partition coefficient (Wildman–Crippen LogP) is -0.342. The molecule has 1 aliphatic carbocycles. The van der Waals surface area contributed by atoms with E-state index in [-0.39, 0.29) is 11.2 Å². The molecular weight excluding hydrogens is 268 g/mol. The van der Waals surface area contributed by atoms with Gasteiger partial charge in [0.25, 0.3) is 5.56 Å². The average Bonchev–Trinajstić information content (AvgIpc) is 3.22. The fraction of sp³-hybridized carbons (Fsp3) is 0.733. The molecule has 1 saturated heterocycles. The number of hydrogen-bond donors (Lipinski definition) is 1. The van der Waals surface area contributed by atoms with Crippen LogP contribution in [0.15, 0.2) is 15.7 Å². The summed E-state index contributed by atoms with van der Waals surface area (Å²) in [5, 5.41) is 3.40. The first kappa shape index (κ1) is 14.5. The Morgan fingerprint density at radius 3 is 2.67 bits per heavy atom. The van der Waals surface area contributed by atoms with Gasteiger partial charge in [0, 0.05) is 45.0 Å². The van der Waals surface area contributed by atoms with Gasteiger partial charge in [-0.25, -0.2) is 4.79 Å². The van der Waals surface area contributed by atoms with Crippen LogP contribution in [0.3, 0.4) is 0 Å². The summed E-state index contributed by atoms with van der Waals surface area (Å²) in [6, 6.07) is 2.40. The van der Waals surface area contributed by atoms with E-state index in [1.807, 2.05) is 0 Å². The molecule has 1 aliphatic heterocycles. The lowest BCUT2D eigenvalue weighted by Gasteiger charge is -2.15. The summed E-state index contributed by atoms with van der Waals surface area (Å²) in [4.78, 5) is 26.1. The maximum absolute atomic E-state index is 11.8. The van der Waals surface area contributed by atoms with Gasteiger partial charge in [0.15, 0.2) is 0 Å². The maximum Gasteiger partial charge on any atom is 0.330 e. The summed E-state index contributed by atoms with van der Waals surface area (Å²) in [6.07, 6.45) is 3.99. The van der Waals surface area contributed by atoms with Gasteiger partial charge in [-0.3, -0.25) is 13.9 Å². The second-order valence-electron chi connectivity index (χ2n) is 6.39. The molecule has 0 amide bonds. The molecule has 0 radical (unpaired) electrons. The van der Waals surface area contributed by atoms with E-state index in [4.69, 9.17) is 0 Å². The fourth-order valence-corrected chi connectivity index (χ4v) is 3.15. The van der Waals surface area contributed by atoms with E-state index >= 15 is 0 Å². The molecule has 3 rings (SSSR count). The van der Waals surface area contributed by atoms with Crippen molar-refractivity contribution in [2.45, 2.75) is 31.8 Å². The first-order valence-electron chi connectivity index (χ1n) is 7.77. The highest BCUT2D eigenvalue weighted by Gasteiger charge is 2.33. The number of aromatic nitrogens is 2. The minimum Gasteiger partial charge on any atom is -0.311 e. The summed E-state index contributed by atoms with van der Waals surface area (Å²) in [7, 11) is 3.22. The Morgan fingerprint density at radius 2 is 1.95 bits per heavy atom. The quantitative estimate of drug-likeness (QED) is 0.806. The monoisotopic (exact) mass is 292 g/mol. The van der Waals surface area contributed by atoms with Gasteiger partial charge in [-0.15, -0.1) is 0 Å². The van der Waals surface area contributed by atoms with E-state index in [1.165, 1.54) is 39.4 Å². The SMILES string of the molecule is Cn1c(CNCC2CCN(C3CC3)C2)cc(=O)n(C)c1=O. The highest BCUT2D eigenvalue weighted by Crippen LogP contribution is 2.31. The molecule has 1 aromatic rings. The molecule has 21 heavy (non-hydrogen) atoms. The minimum atomic E-state index is -0.264. The fourth-order valence-electron chi connectivity index (χ4n) is 3.15. The van der Waals surface area contributed by atoms with E-state index < -0.39 is 0 Å². The van der Waals surface area contributed by atoms with Crippen molar-refractivity contribution in [2.75, 3.05) is 19.6 Å². The van der Waals surface area contributed by atoms with Crippen LogP contribution in [0.4, 0.5) is 0 Å². The van der Waals surface area contributed by atoms with Gasteiger partial charge in [0.1, 0.15) is 0 Å². The Morgan fingerprint density at radius 1 is 1.19 bits per heavy atom. The number of rotatable bonds is 5. The highest BCUT2D eigenvalue weighted by molar-refractivity contribution is 5.02. The first-order chi connectivity index (χ1) is 10.1. The molecule has 1 N–H and O–H groups in total. The van der Waals surface area contributed by atoms with Crippen molar-refractivity contribution in [1.29, 1.82) is 0 Å². The smallest absolute Gasteiger partial charge is 0.311 e. The van der Waals surface area contributed by atoms with Crippen molar-refractivity contribution in [2.24, 2.45) is 20.0 Å². The van der Waals surface area contributed by atoms with Gasteiger partial charge in [-0.05, 0) is 38.3 Å². The van der Waals surface area contributed by atoms with Crippen LogP contribution in [-0.2, 0) is 20.6 Å². The number of nitrogens with zero attached hydrogens (tertiary/aromatic N) is 3. The molecule has 6 nitrogen and oxygen atoms in total. The molecule has 0 aromatic carbocycles. The number of hydrogen-bond acceptors (Lipinski definition) is 4. The van der Waals surface area contributed by atoms with Gasteiger partial charge in [0.2, 0.25) is 0 Å². The third kappa shape index (κ3) is 3.11.